The number of carboxylic acid groups (broad SMARTS) is 1. The van der Waals surface area contributed by atoms with E-state index in [2.05, 4.69) is 20.5 Å². The molecule has 0 spiro atoms. The number of amides is 3. The molecular formula is C33H30N6O5S. The lowest BCUT2D eigenvalue weighted by molar-refractivity contribution is -0.137. The lowest BCUT2D eigenvalue weighted by Crippen LogP contribution is -2.35. The molecule has 0 saturated carbocycles. The van der Waals surface area contributed by atoms with Crippen molar-refractivity contribution in [3.8, 4) is 6.07 Å². The maximum absolute atomic E-state index is 13.4. The number of nitriles is 1. The largest absolute Gasteiger partial charge is 0.481 e. The molecule has 0 radical (unpaired) electrons. The van der Waals surface area contributed by atoms with Gasteiger partial charge >= 0.3 is 5.97 Å². The van der Waals surface area contributed by atoms with Crippen LogP contribution in [0.3, 0.4) is 0 Å². The number of hydrogen-bond acceptors (Lipinski definition) is 8. The van der Waals surface area contributed by atoms with Crippen LogP contribution < -0.4 is 15.5 Å². The number of aromatic nitrogens is 1. The lowest BCUT2D eigenvalue weighted by atomic mass is 10.1. The van der Waals surface area contributed by atoms with Gasteiger partial charge in [-0.05, 0) is 72.5 Å². The average Bonchev–Trinajstić information content (AvgIpc) is 3.49. The highest BCUT2D eigenvalue weighted by atomic mass is 32.1. The summed E-state index contributed by atoms with van der Waals surface area (Å²) >= 11 is 1.35. The Hall–Kier alpha value is -5.54. The second-order valence-electron chi connectivity index (χ2n) is 10.4. The zero-order chi connectivity index (χ0) is 31.8. The normalized spacial score (nSPS) is 13.7. The van der Waals surface area contributed by atoms with Gasteiger partial charge in [-0.2, -0.15) is 5.26 Å². The first-order valence-electron chi connectivity index (χ1n) is 14.3. The van der Waals surface area contributed by atoms with Crippen molar-refractivity contribution in [3.63, 3.8) is 0 Å². The van der Waals surface area contributed by atoms with Crippen molar-refractivity contribution in [2.45, 2.75) is 18.9 Å². The predicted molar refractivity (Wildman–Crippen MR) is 169 cm³/mol. The number of carbonyl (C=O) groups excluding carboxylic acids is 3. The molecule has 5 rings (SSSR count). The van der Waals surface area contributed by atoms with E-state index in [9.17, 15) is 24.3 Å². The Morgan fingerprint density at radius 3 is 2.42 bits per heavy atom. The molecule has 11 nitrogen and oxygen atoms in total. The number of aliphatic carboxylic acids is 1. The summed E-state index contributed by atoms with van der Waals surface area (Å²) in [6.45, 7) is 2.07. The van der Waals surface area contributed by atoms with Crippen molar-refractivity contribution < 1.29 is 24.3 Å². The number of rotatable bonds is 9. The van der Waals surface area contributed by atoms with Crippen LogP contribution in [0, 0.1) is 11.3 Å². The maximum atomic E-state index is 13.4. The van der Waals surface area contributed by atoms with Gasteiger partial charge < -0.3 is 25.5 Å². The minimum atomic E-state index is -1.04. The third kappa shape index (κ3) is 7.70. The second kappa shape index (κ2) is 14.3. The van der Waals surface area contributed by atoms with E-state index in [1.165, 1.54) is 11.3 Å². The molecule has 0 aliphatic carbocycles. The molecular weight excluding hydrogens is 592 g/mol. The van der Waals surface area contributed by atoms with E-state index in [0.29, 0.717) is 65.5 Å². The molecule has 3 heterocycles. The molecule has 12 heteroatoms. The average molecular weight is 623 g/mol. The number of anilines is 2. The molecule has 1 atom stereocenters. The van der Waals surface area contributed by atoms with Gasteiger partial charge in [0, 0.05) is 54.6 Å². The molecule has 1 aliphatic heterocycles. The summed E-state index contributed by atoms with van der Waals surface area (Å²) in [4.78, 5) is 59.9. The smallest absolute Gasteiger partial charge is 0.305 e. The Labute approximate surface area is 263 Å². The van der Waals surface area contributed by atoms with Crippen LogP contribution in [0.2, 0.25) is 0 Å². The summed E-state index contributed by atoms with van der Waals surface area (Å²) < 4.78 is 0. The van der Waals surface area contributed by atoms with Gasteiger partial charge in [0.25, 0.3) is 17.7 Å². The highest BCUT2D eigenvalue weighted by Crippen LogP contribution is 2.30. The monoisotopic (exact) mass is 622 g/mol. The fourth-order valence-corrected chi connectivity index (χ4v) is 5.88. The minimum Gasteiger partial charge on any atom is -0.481 e. The van der Waals surface area contributed by atoms with Gasteiger partial charge in [-0.25, -0.2) is 0 Å². The molecule has 1 aliphatic rings. The SMILES string of the molecule is N#Cc1ccc(C(=O)Nc2cc(C(=O)NC(CC(=O)O)c3cccs3)ccc2N2CCCN(C(=O)c3cccnc3)CC2)cc1. The van der Waals surface area contributed by atoms with E-state index < -0.39 is 23.8 Å². The van der Waals surface area contributed by atoms with Gasteiger partial charge in [-0.15, -0.1) is 11.3 Å². The van der Waals surface area contributed by atoms with Crippen LogP contribution in [0.25, 0.3) is 0 Å². The Balaban J connectivity index is 1.41. The van der Waals surface area contributed by atoms with Gasteiger partial charge in [0.15, 0.2) is 0 Å². The number of hydrogen-bond donors (Lipinski definition) is 3. The van der Waals surface area contributed by atoms with Crippen molar-refractivity contribution in [2.75, 3.05) is 36.4 Å². The Morgan fingerprint density at radius 2 is 1.73 bits per heavy atom. The van der Waals surface area contributed by atoms with Gasteiger partial charge in [0.05, 0.1) is 41.0 Å². The molecule has 0 bridgehead atoms. The van der Waals surface area contributed by atoms with E-state index >= 15 is 0 Å². The van der Waals surface area contributed by atoms with Crippen LogP contribution in [0.4, 0.5) is 11.4 Å². The zero-order valence-corrected chi connectivity index (χ0v) is 25.0. The minimum absolute atomic E-state index is 0.104. The highest BCUT2D eigenvalue weighted by Gasteiger charge is 2.25. The number of pyridine rings is 1. The van der Waals surface area contributed by atoms with E-state index in [4.69, 9.17) is 5.26 Å². The van der Waals surface area contributed by atoms with Gasteiger partial charge in [0.2, 0.25) is 0 Å². The van der Waals surface area contributed by atoms with Crippen molar-refractivity contribution >= 4 is 46.4 Å². The Morgan fingerprint density at radius 1 is 0.933 bits per heavy atom. The van der Waals surface area contributed by atoms with Crippen molar-refractivity contribution in [1.29, 1.82) is 5.26 Å². The summed E-state index contributed by atoms with van der Waals surface area (Å²) in [5, 5.41) is 26.1. The first kappa shape index (κ1) is 30.9. The summed E-state index contributed by atoms with van der Waals surface area (Å²) in [6.07, 6.45) is 3.56. The van der Waals surface area contributed by atoms with Crippen LogP contribution >= 0.6 is 11.3 Å². The van der Waals surface area contributed by atoms with Gasteiger partial charge in [-0.1, -0.05) is 6.07 Å². The molecule has 1 saturated heterocycles. The van der Waals surface area contributed by atoms with E-state index in [1.807, 2.05) is 11.4 Å². The molecule has 3 amide bonds. The Bertz CT molecular complexity index is 1720. The van der Waals surface area contributed by atoms with Gasteiger partial charge in [0.1, 0.15) is 0 Å². The maximum Gasteiger partial charge on any atom is 0.305 e. The van der Waals surface area contributed by atoms with Crippen LogP contribution in [-0.2, 0) is 4.79 Å². The van der Waals surface area contributed by atoms with Crippen LogP contribution in [0.1, 0.15) is 60.4 Å². The quantitative estimate of drug-likeness (QED) is 0.245. The number of carbonyl (C=O) groups is 4. The van der Waals surface area contributed by atoms with Crippen molar-refractivity contribution in [1.82, 2.24) is 15.2 Å². The molecule has 1 fully saturated rings. The first-order chi connectivity index (χ1) is 21.8. The van der Waals surface area contributed by atoms with E-state index in [0.717, 1.165) is 0 Å². The summed E-state index contributed by atoms with van der Waals surface area (Å²) in [6, 6.07) is 19.5. The third-order valence-corrected chi connectivity index (χ3v) is 8.37. The topological polar surface area (TPSA) is 156 Å². The number of benzene rings is 2. The number of carboxylic acids is 1. The highest BCUT2D eigenvalue weighted by molar-refractivity contribution is 7.10. The summed E-state index contributed by atoms with van der Waals surface area (Å²) in [7, 11) is 0. The predicted octanol–water partition coefficient (Wildman–Crippen LogP) is 4.57. The molecule has 45 heavy (non-hydrogen) atoms. The molecule has 228 valence electrons. The van der Waals surface area contributed by atoms with Crippen LogP contribution in [0.5, 0.6) is 0 Å². The van der Waals surface area contributed by atoms with E-state index in [1.54, 1.807) is 84.0 Å². The van der Waals surface area contributed by atoms with Crippen molar-refractivity contribution in [3.05, 3.63) is 112 Å². The van der Waals surface area contributed by atoms with Crippen molar-refractivity contribution in [2.24, 2.45) is 0 Å². The Kier molecular flexibility index (Phi) is 9.81. The number of nitrogens with one attached hydrogen (secondary N) is 2. The van der Waals surface area contributed by atoms with Crippen LogP contribution in [-0.4, -0.2) is 64.9 Å². The lowest BCUT2D eigenvalue weighted by Gasteiger charge is -2.26. The summed E-state index contributed by atoms with van der Waals surface area (Å²) in [5.74, 6) is -2.06. The molecule has 2 aromatic heterocycles. The molecule has 1 unspecified atom stereocenters. The number of nitrogens with zero attached hydrogens (tertiary/aromatic N) is 4. The molecule has 3 N–H and O–H groups in total. The standard InChI is InChI=1S/C33H30N6O5S/c34-20-22-6-8-23(9-7-22)31(42)36-26-18-24(32(43)37-27(19-30(40)41)29-5-2-17-45-29)10-11-28(26)38-13-3-14-39(16-15-38)33(44)25-4-1-12-35-21-25/h1-2,4-12,17-18,21,27H,3,13-16,19H2,(H,36,42)(H,37,43)(H,40,41). The second-order valence-corrected chi connectivity index (χ2v) is 11.4. The fourth-order valence-electron chi connectivity index (χ4n) is 5.11. The summed E-state index contributed by atoms with van der Waals surface area (Å²) in [5.41, 5.74) is 2.56. The van der Waals surface area contributed by atoms with Gasteiger partial charge in [-0.3, -0.25) is 24.2 Å². The van der Waals surface area contributed by atoms with Crippen LogP contribution in [0.15, 0.2) is 84.5 Å². The molecule has 4 aromatic rings. The third-order valence-electron chi connectivity index (χ3n) is 7.39. The fraction of sp³-hybridized carbons (Fsp3) is 0.212. The first-order valence-corrected chi connectivity index (χ1v) is 15.2. The van der Waals surface area contributed by atoms with E-state index in [-0.39, 0.29) is 17.9 Å². The molecule has 2 aromatic carbocycles. The number of thiophene rings is 1. The zero-order valence-electron chi connectivity index (χ0n) is 24.2.